The first-order chi connectivity index (χ1) is 7.54. The molecule has 0 bridgehead atoms. The van der Waals surface area contributed by atoms with Crippen LogP contribution < -0.4 is 10.1 Å². The maximum atomic E-state index is 10.9. The Morgan fingerprint density at radius 2 is 2.12 bits per heavy atom. The van der Waals surface area contributed by atoms with Crippen molar-refractivity contribution in [2.45, 2.75) is 13.8 Å². The molecule has 0 unspecified atom stereocenters. The lowest BCUT2D eigenvalue weighted by Crippen LogP contribution is -2.21. The summed E-state index contributed by atoms with van der Waals surface area (Å²) in [7, 11) is 0. The van der Waals surface area contributed by atoms with Crippen molar-refractivity contribution in [3.63, 3.8) is 0 Å². The molecule has 0 saturated heterocycles. The number of anilines is 1. The van der Waals surface area contributed by atoms with Crippen molar-refractivity contribution in [3.05, 3.63) is 23.8 Å². The summed E-state index contributed by atoms with van der Waals surface area (Å²) < 4.78 is 5.32. The third-order valence-corrected chi connectivity index (χ3v) is 1.93. The quantitative estimate of drug-likeness (QED) is 0.760. The van der Waals surface area contributed by atoms with Crippen LogP contribution in [-0.2, 0) is 9.59 Å². The maximum Gasteiger partial charge on any atom is 0.394 e. The van der Waals surface area contributed by atoms with Crippen LogP contribution in [0.3, 0.4) is 0 Å². The lowest BCUT2D eigenvalue weighted by Gasteiger charge is -2.09. The molecule has 1 rings (SSSR count). The molecule has 0 spiro atoms. The SMILES string of the molecule is CCOc1ccc(NC(=O)C(=O)O)cc1C. The van der Waals surface area contributed by atoms with Crippen molar-refractivity contribution in [2.24, 2.45) is 0 Å². The van der Waals surface area contributed by atoms with Gasteiger partial charge >= 0.3 is 11.9 Å². The molecule has 0 aliphatic heterocycles. The minimum absolute atomic E-state index is 0.438. The molecule has 0 aromatic heterocycles. The minimum Gasteiger partial charge on any atom is -0.494 e. The second-order valence-electron chi connectivity index (χ2n) is 3.17. The van der Waals surface area contributed by atoms with E-state index in [1.54, 1.807) is 18.2 Å². The number of nitrogens with one attached hydrogen (secondary N) is 1. The zero-order valence-electron chi connectivity index (χ0n) is 9.11. The van der Waals surface area contributed by atoms with Gasteiger partial charge in [-0.3, -0.25) is 4.79 Å². The largest absolute Gasteiger partial charge is 0.494 e. The lowest BCUT2D eigenvalue weighted by atomic mass is 10.2. The molecular formula is C11H13NO4. The first-order valence-corrected chi connectivity index (χ1v) is 4.82. The maximum absolute atomic E-state index is 10.9. The Balaban J connectivity index is 2.81. The van der Waals surface area contributed by atoms with Gasteiger partial charge in [-0.2, -0.15) is 0 Å². The van der Waals surface area contributed by atoms with Gasteiger partial charge < -0.3 is 15.2 Å². The van der Waals surface area contributed by atoms with Crippen LogP contribution in [0.5, 0.6) is 5.75 Å². The van der Waals surface area contributed by atoms with E-state index in [4.69, 9.17) is 9.84 Å². The standard InChI is InChI=1S/C11H13NO4/c1-3-16-9-5-4-8(6-7(9)2)12-10(13)11(14)15/h4-6H,3H2,1-2H3,(H,12,13)(H,14,15). The van der Waals surface area contributed by atoms with Crippen LogP contribution in [-0.4, -0.2) is 23.6 Å². The van der Waals surface area contributed by atoms with E-state index in [9.17, 15) is 9.59 Å². The molecule has 0 atom stereocenters. The molecule has 0 aliphatic rings. The van der Waals surface area contributed by atoms with Crippen LogP contribution in [0, 0.1) is 6.92 Å². The molecule has 1 aromatic rings. The molecule has 0 heterocycles. The molecule has 0 aliphatic carbocycles. The Kier molecular flexibility index (Phi) is 3.88. The molecule has 5 nitrogen and oxygen atoms in total. The molecule has 0 fully saturated rings. The van der Waals surface area contributed by atoms with Crippen LogP contribution in [0.15, 0.2) is 18.2 Å². The average Bonchev–Trinajstić information content (AvgIpc) is 2.22. The Bertz CT molecular complexity index is 414. The highest BCUT2D eigenvalue weighted by molar-refractivity contribution is 6.36. The monoisotopic (exact) mass is 223 g/mol. The summed E-state index contributed by atoms with van der Waals surface area (Å²) >= 11 is 0. The van der Waals surface area contributed by atoms with Gasteiger partial charge in [-0.05, 0) is 37.6 Å². The summed E-state index contributed by atoms with van der Waals surface area (Å²) in [6.45, 7) is 4.25. The summed E-state index contributed by atoms with van der Waals surface area (Å²) in [5, 5.41) is 10.7. The number of hydrogen-bond donors (Lipinski definition) is 2. The molecule has 86 valence electrons. The Hall–Kier alpha value is -2.04. The first kappa shape index (κ1) is 12.0. The Morgan fingerprint density at radius 1 is 1.44 bits per heavy atom. The highest BCUT2D eigenvalue weighted by atomic mass is 16.5. The fourth-order valence-corrected chi connectivity index (χ4v) is 1.23. The van der Waals surface area contributed by atoms with E-state index in [-0.39, 0.29) is 0 Å². The number of hydrogen-bond acceptors (Lipinski definition) is 3. The third kappa shape index (κ3) is 2.98. The smallest absolute Gasteiger partial charge is 0.394 e. The third-order valence-electron chi connectivity index (χ3n) is 1.93. The number of carboxylic acid groups (broad SMARTS) is 1. The van der Waals surface area contributed by atoms with Crippen molar-refractivity contribution >= 4 is 17.6 Å². The van der Waals surface area contributed by atoms with Gasteiger partial charge in [0.15, 0.2) is 0 Å². The fourth-order valence-electron chi connectivity index (χ4n) is 1.23. The summed E-state index contributed by atoms with van der Waals surface area (Å²) in [6, 6.07) is 4.95. The molecule has 16 heavy (non-hydrogen) atoms. The molecule has 0 radical (unpaired) electrons. The number of aryl methyl sites for hydroxylation is 1. The molecule has 1 aromatic carbocycles. The number of amides is 1. The summed E-state index contributed by atoms with van der Waals surface area (Å²) in [6.07, 6.45) is 0. The molecule has 2 N–H and O–H groups in total. The number of benzene rings is 1. The number of aliphatic carboxylic acids is 1. The van der Waals surface area contributed by atoms with Gasteiger partial charge in [0.05, 0.1) is 6.61 Å². The van der Waals surface area contributed by atoms with E-state index in [0.717, 1.165) is 11.3 Å². The van der Waals surface area contributed by atoms with Crippen molar-refractivity contribution < 1.29 is 19.4 Å². The Morgan fingerprint density at radius 3 is 2.62 bits per heavy atom. The predicted octanol–water partition coefficient (Wildman–Crippen LogP) is 1.42. The second-order valence-corrected chi connectivity index (χ2v) is 3.17. The van der Waals surface area contributed by atoms with Gasteiger partial charge in [0.1, 0.15) is 5.75 Å². The van der Waals surface area contributed by atoms with Crippen LogP contribution in [0.4, 0.5) is 5.69 Å². The second kappa shape index (κ2) is 5.16. The van der Waals surface area contributed by atoms with Crippen LogP contribution in [0.2, 0.25) is 0 Å². The highest BCUT2D eigenvalue weighted by Crippen LogP contribution is 2.21. The van der Waals surface area contributed by atoms with E-state index >= 15 is 0 Å². The number of rotatable bonds is 3. The van der Waals surface area contributed by atoms with E-state index in [2.05, 4.69) is 5.32 Å². The van der Waals surface area contributed by atoms with Crippen LogP contribution in [0.1, 0.15) is 12.5 Å². The van der Waals surface area contributed by atoms with Crippen LogP contribution >= 0.6 is 0 Å². The highest BCUT2D eigenvalue weighted by Gasteiger charge is 2.11. The van der Waals surface area contributed by atoms with Gasteiger partial charge in [0.2, 0.25) is 0 Å². The molecular weight excluding hydrogens is 210 g/mol. The average molecular weight is 223 g/mol. The van der Waals surface area contributed by atoms with E-state index in [0.29, 0.717) is 12.3 Å². The Labute approximate surface area is 93.0 Å². The first-order valence-electron chi connectivity index (χ1n) is 4.82. The van der Waals surface area contributed by atoms with Gasteiger partial charge in [-0.15, -0.1) is 0 Å². The number of carbonyl (C=O) groups excluding carboxylic acids is 1. The number of carboxylic acids is 1. The molecule has 1 amide bonds. The van der Waals surface area contributed by atoms with E-state index in [1.807, 2.05) is 13.8 Å². The van der Waals surface area contributed by atoms with Crippen molar-refractivity contribution in [3.8, 4) is 5.75 Å². The van der Waals surface area contributed by atoms with Gasteiger partial charge in [0, 0.05) is 5.69 Å². The van der Waals surface area contributed by atoms with Crippen molar-refractivity contribution in [1.29, 1.82) is 0 Å². The zero-order chi connectivity index (χ0) is 12.1. The predicted molar refractivity (Wildman–Crippen MR) is 58.6 cm³/mol. The number of carbonyl (C=O) groups is 2. The fraction of sp³-hybridized carbons (Fsp3) is 0.273. The van der Waals surface area contributed by atoms with Gasteiger partial charge in [0.25, 0.3) is 0 Å². The van der Waals surface area contributed by atoms with E-state index < -0.39 is 11.9 Å². The minimum atomic E-state index is -1.51. The van der Waals surface area contributed by atoms with Gasteiger partial charge in [-0.25, -0.2) is 4.79 Å². The van der Waals surface area contributed by atoms with Gasteiger partial charge in [-0.1, -0.05) is 0 Å². The van der Waals surface area contributed by atoms with Crippen molar-refractivity contribution in [1.82, 2.24) is 0 Å². The lowest BCUT2D eigenvalue weighted by molar-refractivity contribution is -0.147. The number of ether oxygens (including phenoxy) is 1. The molecule has 0 saturated carbocycles. The molecule has 5 heteroatoms. The van der Waals surface area contributed by atoms with E-state index in [1.165, 1.54) is 0 Å². The van der Waals surface area contributed by atoms with Crippen LogP contribution in [0.25, 0.3) is 0 Å². The van der Waals surface area contributed by atoms with Crippen molar-refractivity contribution in [2.75, 3.05) is 11.9 Å². The summed E-state index contributed by atoms with van der Waals surface area (Å²) in [5.74, 6) is -1.84. The topological polar surface area (TPSA) is 75.6 Å². The summed E-state index contributed by atoms with van der Waals surface area (Å²) in [4.78, 5) is 21.2. The normalized spacial score (nSPS) is 9.62. The summed E-state index contributed by atoms with van der Waals surface area (Å²) in [5.41, 5.74) is 1.28. The zero-order valence-corrected chi connectivity index (χ0v) is 9.11.